The highest BCUT2D eigenvalue weighted by Gasteiger charge is 2.20. The van der Waals surface area contributed by atoms with E-state index in [0.29, 0.717) is 6.54 Å². The van der Waals surface area contributed by atoms with Gasteiger partial charge in [-0.2, -0.15) is 0 Å². The third-order valence-electron chi connectivity index (χ3n) is 4.10. The van der Waals surface area contributed by atoms with Crippen molar-refractivity contribution in [1.29, 1.82) is 0 Å². The van der Waals surface area contributed by atoms with Crippen molar-refractivity contribution in [2.24, 2.45) is 7.05 Å². The van der Waals surface area contributed by atoms with Gasteiger partial charge < -0.3 is 14.6 Å². The van der Waals surface area contributed by atoms with Gasteiger partial charge in [-0.1, -0.05) is 0 Å². The molecule has 1 N–H and O–H groups in total. The number of carbonyl (C=O) groups excluding carboxylic acids is 1. The summed E-state index contributed by atoms with van der Waals surface area (Å²) in [5, 5.41) is 4.06. The maximum atomic E-state index is 11.9. The van der Waals surface area contributed by atoms with Gasteiger partial charge in [0, 0.05) is 43.8 Å². The first-order chi connectivity index (χ1) is 10.7. The monoisotopic (exact) mass is 315 g/mol. The molecule has 5 nitrogen and oxygen atoms in total. The Morgan fingerprint density at radius 3 is 2.52 bits per heavy atom. The summed E-state index contributed by atoms with van der Waals surface area (Å²) in [6, 6.07) is 4.53. The third-order valence-corrected chi connectivity index (χ3v) is 4.10. The third kappa shape index (κ3) is 3.34. The van der Waals surface area contributed by atoms with Gasteiger partial charge in [0.2, 0.25) is 0 Å². The molecule has 23 heavy (non-hydrogen) atoms. The number of benzene rings is 1. The van der Waals surface area contributed by atoms with Gasteiger partial charge in [0.1, 0.15) is 5.60 Å². The summed E-state index contributed by atoms with van der Waals surface area (Å²) in [7, 11) is 4.18. The normalized spacial score (nSPS) is 15.0. The molecule has 3 rings (SSSR count). The summed E-state index contributed by atoms with van der Waals surface area (Å²) in [6.45, 7) is 8.06. The Morgan fingerprint density at radius 1 is 1.22 bits per heavy atom. The van der Waals surface area contributed by atoms with Gasteiger partial charge in [-0.15, -0.1) is 0 Å². The van der Waals surface area contributed by atoms with Gasteiger partial charge in [-0.05, 0) is 56.6 Å². The van der Waals surface area contributed by atoms with E-state index < -0.39 is 5.60 Å². The Kier molecular flexibility index (Phi) is 3.84. The van der Waals surface area contributed by atoms with Gasteiger partial charge in [0.05, 0.1) is 0 Å². The van der Waals surface area contributed by atoms with Crippen LogP contribution in [-0.4, -0.2) is 28.2 Å². The number of aromatic nitrogens is 1. The van der Waals surface area contributed by atoms with E-state index in [9.17, 15) is 4.79 Å². The Labute approximate surface area is 137 Å². The van der Waals surface area contributed by atoms with Crippen LogP contribution in [-0.2, 0) is 31.4 Å². The molecule has 1 aliphatic rings. The Morgan fingerprint density at radius 2 is 1.87 bits per heavy atom. The van der Waals surface area contributed by atoms with E-state index in [2.05, 4.69) is 40.2 Å². The molecule has 0 radical (unpaired) electrons. The number of ether oxygens (including phenoxy) is 1. The standard InChI is InChI=1S/C18H25N3O2/c1-18(2,3)23-17(22)19-8-14-11-21(5)16-7-13-10-20(4)9-12(13)6-15(14)16/h6-7,11H,8-10H2,1-5H3,(H,19,22). The summed E-state index contributed by atoms with van der Waals surface area (Å²) in [4.78, 5) is 14.2. The van der Waals surface area contributed by atoms with Crippen LogP contribution in [0.3, 0.4) is 0 Å². The number of hydrogen-bond donors (Lipinski definition) is 1. The number of carbonyl (C=O) groups is 1. The summed E-state index contributed by atoms with van der Waals surface area (Å²) in [5.74, 6) is 0. The fraction of sp³-hybridized carbons (Fsp3) is 0.500. The maximum Gasteiger partial charge on any atom is 0.407 e. The molecule has 124 valence electrons. The van der Waals surface area contributed by atoms with Crippen LogP contribution in [0.2, 0.25) is 0 Å². The lowest BCUT2D eigenvalue weighted by molar-refractivity contribution is 0.0524. The second-order valence-electron chi connectivity index (χ2n) is 7.43. The first-order valence-corrected chi connectivity index (χ1v) is 7.98. The van der Waals surface area contributed by atoms with E-state index in [0.717, 1.165) is 18.7 Å². The molecule has 0 atom stereocenters. The molecule has 1 aromatic carbocycles. The van der Waals surface area contributed by atoms with Crippen molar-refractivity contribution < 1.29 is 9.53 Å². The van der Waals surface area contributed by atoms with Crippen molar-refractivity contribution in [3.63, 3.8) is 0 Å². The number of hydrogen-bond acceptors (Lipinski definition) is 3. The molecule has 0 aliphatic carbocycles. The Hall–Kier alpha value is -2.01. The van der Waals surface area contributed by atoms with E-state index in [-0.39, 0.29) is 6.09 Å². The zero-order valence-corrected chi connectivity index (χ0v) is 14.6. The number of aryl methyl sites for hydroxylation is 1. The molecule has 0 spiro atoms. The van der Waals surface area contributed by atoms with Crippen LogP contribution in [0.1, 0.15) is 37.5 Å². The fourth-order valence-electron chi connectivity index (χ4n) is 3.15. The quantitative estimate of drug-likeness (QED) is 0.926. The van der Waals surface area contributed by atoms with Crippen molar-refractivity contribution >= 4 is 17.0 Å². The average molecular weight is 315 g/mol. The number of alkyl carbamates (subject to hydrolysis) is 1. The highest BCUT2D eigenvalue weighted by molar-refractivity contribution is 5.86. The molecule has 0 fully saturated rings. The summed E-state index contributed by atoms with van der Waals surface area (Å²) in [6.07, 6.45) is 1.70. The van der Waals surface area contributed by atoms with Crippen LogP contribution in [0.15, 0.2) is 18.3 Å². The average Bonchev–Trinajstić information content (AvgIpc) is 2.92. The number of rotatable bonds is 2. The van der Waals surface area contributed by atoms with Crippen molar-refractivity contribution in [1.82, 2.24) is 14.8 Å². The highest BCUT2D eigenvalue weighted by atomic mass is 16.6. The van der Waals surface area contributed by atoms with Crippen LogP contribution in [0.4, 0.5) is 4.79 Å². The van der Waals surface area contributed by atoms with E-state index >= 15 is 0 Å². The van der Waals surface area contributed by atoms with Crippen molar-refractivity contribution in [3.8, 4) is 0 Å². The molecule has 0 unspecified atom stereocenters. The van der Waals surface area contributed by atoms with Gasteiger partial charge in [0.25, 0.3) is 0 Å². The molecule has 0 bridgehead atoms. The first kappa shape index (κ1) is 15.9. The SMILES string of the molecule is CN1Cc2cc3c(CNC(=O)OC(C)(C)C)cn(C)c3cc2C1. The van der Waals surface area contributed by atoms with Crippen molar-refractivity contribution in [3.05, 3.63) is 35.0 Å². The lowest BCUT2D eigenvalue weighted by Gasteiger charge is -2.19. The molecule has 2 aromatic rings. The Balaban J connectivity index is 1.82. The number of fused-ring (bicyclic) bond motifs is 2. The minimum absolute atomic E-state index is 0.379. The van der Waals surface area contributed by atoms with Gasteiger partial charge in [0.15, 0.2) is 0 Å². The van der Waals surface area contributed by atoms with Crippen LogP contribution in [0, 0.1) is 0 Å². The van der Waals surface area contributed by atoms with E-state index in [4.69, 9.17) is 4.74 Å². The number of nitrogens with zero attached hydrogens (tertiary/aromatic N) is 2. The predicted octanol–water partition coefficient (Wildman–Crippen LogP) is 3.15. The molecule has 5 heteroatoms. The van der Waals surface area contributed by atoms with E-state index in [1.165, 1.54) is 22.0 Å². The van der Waals surface area contributed by atoms with E-state index in [1.54, 1.807) is 0 Å². The van der Waals surface area contributed by atoms with Crippen LogP contribution >= 0.6 is 0 Å². The lowest BCUT2D eigenvalue weighted by Crippen LogP contribution is -2.32. The summed E-state index contributed by atoms with van der Waals surface area (Å²) in [5.41, 5.74) is 4.62. The van der Waals surface area contributed by atoms with Crippen molar-refractivity contribution in [2.75, 3.05) is 7.05 Å². The fourth-order valence-corrected chi connectivity index (χ4v) is 3.15. The zero-order chi connectivity index (χ0) is 16.8. The molecule has 2 heterocycles. The van der Waals surface area contributed by atoms with E-state index in [1.807, 2.05) is 27.8 Å². The summed E-state index contributed by atoms with van der Waals surface area (Å²) >= 11 is 0. The molecular weight excluding hydrogens is 290 g/mol. The largest absolute Gasteiger partial charge is 0.444 e. The number of nitrogens with one attached hydrogen (secondary N) is 1. The highest BCUT2D eigenvalue weighted by Crippen LogP contribution is 2.29. The topological polar surface area (TPSA) is 46.5 Å². The second kappa shape index (κ2) is 5.57. The smallest absolute Gasteiger partial charge is 0.407 e. The van der Waals surface area contributed by atoms with Crippen molar-refractivity contribution in [2.45, 2.75) is 46.0 Å². The van der Waals surface area contributed by atoms with Crippen LogP contribution in [0.5, 0.6) is 0 Å². The lowest BCUT2D eigenvalue weighted by atomic mass is 10.1. The molecule has 0 saturated carbocycles. The van der Waals surface area contributed by atoms with Gasteiger partial charge >= 0.3 is 6.09 Å². The van der Waals surface area contributed by atoms with Crippen LogP contribution in [0.25, 0.3) is 10.9 Å². The minimum Gasteiger partial charge on any atom is -0.444 e. The second-order valence-corrected chi connectivity index (χ2v) is 7.43. The van der Waals surface area contributed by atoms with Gasteiger partial charge in [-0.3, -0.25) is 4.90 Å². The Bertz CT molecular complexity index is 756. The first-order valence-electron chi connectivity index (χ1n) is 7.98. The van der Waals surface area contributed by atoms with Crippen LogP contribution < -0.4 is 5.32 Å². The number of amides is 1. The minimum atomic E-state index is -0.478. The molecule has 0 saturated heterocycles. The maximum absolute atomic E-state index is 11.9. The predicted molar refractivity (Wildman–Crippen MR) is 91.2 cm³/mol. The molecule has 1 amide bonds. The van der Waals surface area contributed by atoms with Gasteiger partial charge in [-0.25, -0.2) is 4.79 Å². The summed E-state index contributed by atoms with van der Waals surface area (Å²) < 4.78 is 7.43. The zero-order valence-electron chi connectivity index (χ0n) is 14.6. The molecule has 1 aliphatic heterocycles. The molecule has 1 aromatic heterocycles. The molecular formula is C18H25N3O2.